The average Bonchev–Trinajstić information content (AvgIpc) is 3.33. The van der Waals surface area contributed by atoms with E-state index in [-0.39, 0.29) is 19.1 Å². The summed E-state index contributed by atoms with van der Waals surface area (Å²) in [5, 5.41) is 9.28. The van der Waals surface area contributed by atoms with Crippen molar-refractivity contribution in [3.05, 3.63) is 65.2 Å². The Morgan fingerprint density at radius 3 is 2.16 bits per heavy atom. The molecule has 0 amide bonds. The van der Waals surface area contributed by atoms with Gasteiger partial charge in [-0.2, -0.15) is 0 Å². The molecule has 2 aromatic carbocycles. The van der Waals surface area contributed by atoms with Crippen LogP contribution in [-0.4, -0.2) is 31.9 Å². The predicted octanol–water partition coefficient (Wildman–Crippen LogP) is 2.43. The van der Waals surface area contributed by atoms with Gasteiger partial charge in [-0.05, 0) is 36.6 Å². The molecule has 0 radical (unpaired) electrons. The Bertz CT molecular complexity index is 838. The maximum atomic E-state index is 13.2. The van der Waals surface area contributed by atoms with Crippen molar-refractivity contribution in [1.29, 1.82) is 0 Å². The molecule has 0 unspecified atom stereocenters. The molecule has 2 aromatic rings. The van der Waals surface area contributed by atoms with Gasteiger partial charge in [-0.3, -0.25) is 0 Å². The molecule has 0 aliphatic heterocycles. The first-order valence-electron chi connectivity index (χ1n) is 8.61. The van der Waals surface area contributed by atoms with Gasteiger partial charge < -0.3 is 10.8 Å². The van der Waals surface area contributed by atoms with Crippen molar-refractivity contribution < 1.29 is 13.5 Å². The van der Waals surface area contributed by atoms with Crippen LogP contribution in [0.1, 0.15) is 29.5 Å². The molecule has 0 heterocycles. The molecule has 134 valence electrons. The molecule has 1 fully saturated rings. The van der Waals surface area contributed by atoms with Gasteiger partial charge in [-0.1, -0.05) is 48.9 Å². The Kier molecular flexibility index (Phi) is 4.75. The highest BCUT2D eigenvalue weighted by atomic mass is 32.2. The zero-order valence-corrected chi connectivity index (χ0v) is 15.5. The maximum absolute atomic E-state index is 13.2. The molecular weight excluding hydrogens is 334 g/mol. The number of hydrogen-bond acceptors (Lipinski definition) is 4. The highest BCUT2D eigenvalue weighted by Crippen LogP contribution is 2.63. The number of aryl methyl sites for hydroxylation is 2. The molecule has 0 aromatic heterocycles. The first kappa shape index (κ1) is 18.1. The van der Waals surface area contributed by atoms with Crippen molar-refractivity contribution in [1.82, 2.24) is 0 Å². The third kappa shape index (κ3) is 2.90. The van der Waals surface area contributed by atoms with E-state index in [2.05, 4.69) is 6.92 Å². The Morgan fingerprint density at radius 1 is 1.08 bits per heavy atom. The van der Waals surface area contributed by atoms with E-state index in [1.54, 1.807) is 24.3 Å². The molecule has 0 saturated heterocycles. The van der Waals surface area contributed by atoms with Gasteiger partial charge >= 0.3 is 0 Å². The molecule has 1 aliphatic carbocycles. The minimum absolute atomic E-state index is 0.138. The molecule has 4 nitrogen and oxygen atoms in total. The van der Waals surface area contributed by atoms with Crippen LogP contribution in [0.15, 0.2) is 53.4 Å². The van der Waals surface area contributed by atoms with Crippen LogP contribution in [0.25, 0.3) is 0 Å². The number of hydrogen-bond donors (Lipinski definition) is 2. The summed E-state index contributed by atoms with van der Waals surface area (Å²) < 4.78 is 26.4. The monoisotopic (exact) mass is 359 g/mol. The van der Waals surface area contributed by atoms with Crippen molar-refractivity contribution in [2.24, 2.45) is 11.1 Å². The number of nitrogens with two attached hydrogens (primary N) is 1. The summed E-state index contributed by atoms with van der Waals surface area (Å²) in [5.74, 6) is -0.278. The van der Waals surface area contributed by atoms with Gasteiger partial charge in [-0.15, -0.1) is 0 Å². The zero-order valence-electron chi connectivity index (χ0n) is 14.6. The standard InChI is InChI=1S/C20H25NO3S/c1-3-15-6-8-16(9-7-15)18-19(20(18,12-21)13-22)25(23,24)17-10-4-14(2)5-11-17/h4-11,18-19,22H,3,12-13,21H2,1-2H3/t18-,19+,20+/m1/s1. The molecule has 3 atom stereocenters. The van der Waals surface area contributed by atoms with E-state index in [0.717, 1.165) is 17.5 Å². The molecule has 5 heteroatoms. The number of aliphatic hydroxyl groups is 1. The second-order valence-corrected chi connectivity index (χ2v) is 9.02. The van der Waals surface area contributed by atoms with Crippen molar-refractivity contribution >= 4 is 9.84 Å². The van der Waals surface area contributed by atoms with E-state index in [0.29, 0.717) is 4.90 Å². The van der Waals surface area contributed by atoms with Gasteiger partial charge in [0, 0.05) is 17.9 Å². The van der Waals surface area contributed by atoms with Crippen LogP contribution in [0, 0.1) is 12.3 Å². The number of rotatable bonds is 6. The van der Waals surface area contributed by atoms with Crippen LogP contribution in [0.4, 0.5) is 0 Å². The number of benzene rings is 2. The highest BCUT2D eigenvalue weighted by Gasteiger charge is 2.70. The van der Waals surface area contributed by atoms with Crippen molar-refractivity contribution in [3.8, 4) is 0 Å². The first-order valence-corrected chi connectivity index (χ1v) is 10.2. The second-order valence-electron chi connectivity index (χ2n) is 6.95. The lowest BCUT2D eigenvalue weighted by Crippen LogP contribution is -2.27. The Morgan fingerprint density at radius 2 is 1.68 bits per heavy atom. The summed E-state index contributed by atoms with van der Waals surface area (Å²) >= 11 is 0. The smallest absolute Gasteiger partial charge is 0.182 e. The van der Waals surface area contributed by atoms with Gasteiger partial charge in [0.25, 0.3) is 0 Å². The summed E-state index contributed by atoms with van der Waals surface area (Å²) in [6.45, 7) is 3.90. The van der Waals surface area contributed by atoms with E-state index in [4.69, 9.17) is 5.73 Å². The largest absolute Gasteiger partial charge is 0.396 e. The van der Waals surface area contributed by atoms with Crippen LogP contribution in [0.2, 0.25) is 0 Å². The van der Waals surface area contributed by atoms with Gasteiger partial charge in [0.2, 0.25) is 0 Å². The third-order valence-corrected chi connectivity index (χ3v) is 7.82. The fourth-order valence-electron chi connectivity index (χ4n) is 3.78. The minimum atomic E-state index is -3.57. The van der Waals surface area contributed by atoms with Gasteiger partial charge in [-0.25, -0.2) is 8.42 Å². The van der Waals surface area contributed by atoms with E-state index < -0.39 is 20.5 Å². The average molecular weight is 359 g/mol. The molecular formula is C20H25NO3S. The second kappa shape index (κ2) is 6.56. The summed E-state index contributed by atoms with van der Waals surface area (Å²) in [4.78, 5) is 0.294. The molecule has 3 N–H and O–H groups in total. The van der Waals surface area contributed by atoms with E-state index in [1.165, 1.54) is 5.56 Å². The summed E-state index contributed by atoms with van der Waals surface area (Å²) in [7, 11) is -3.57. The van der Waals surface area contributed by atoms with Crippen LogP contribution < -0.4 is 5.73 Å². The fraction of sp³-hybridized carbons (Fsp3) is 0.400. The topological polar surface area (TPSA) is 80.4 Å². The summed E-state index contributed by atoms with van der Waals surface area (Å²) in [5.41, 5.74) is 8.25. The highest BCUT2D eigenvalue weighted by molar-refractivity contribution is 7.92. The first-order chi connectivity index (χ1) is 11.9. The summed E-state index contributed by atoms with van der Waals surface area (Å²) in [6.07, 6.45) is 0.929. The van der Waals surface area contributed by atoms with Crippen LogP contribution in [0.3, 0.4) is 0 Å². The predicted molar refractivity (Wildman–Crippen MR) is 99.3 cm³/mol. The normalized spacial score (nSPS) is 25.8. The van der Waals surface area contributed by atoms with Gasteiger partial charge in [0.05, 0.1) is 16.8 Å². The van der Waals surface area contributed by atoms with Gasteiger partial charge in [0.1, 0.15) is 0 Å². The molecule has 25 heavy (non-hydrogen) atoms. The lowest BCUT2D eigenvalue weighted by Gasteiger charge is -2.12. The molecule has 0 spiro atoms. The summed E-state index contributed by atoms with van der Waals surface area (Å²) in [6, 6.07) is 14.8. The van der Waals surface area contributed by atoms with E-state index in [1.807, 2.05) is 31.2 Å². The minimum Gasteiger partial charge on any atom is -0.396 e. The maximum Gasteiger partial charge on any atom is 0.182 e. The quantitative estimate of drug-likeness (QED) is 0.830. The van der Waals surface area contributed by atoms with E-state index in [9.17, 15) is 13.5 Å². The molecule has 0 bridgehead atoms. The Labute approximate surface area is 149 Å². The SMILES string of the molecule is CCc1ccc([C@@H]2[C@H](S(=O)(=O)c3ccc(C)cc3)[C@@]2(CN)CO)cc1. The van der Waals surface area contributed by atoms with Crippen molar-refractivity contribution in [2.75, 3.05) is 13.2 Å². The fourth-order valence-corrected chi connectivity index (χ4v) is 6.23. The van der Waals surface area contributed by atoms with Crippen molar-refractivity contribution in [3.63, 3.8) is 0 Å². The number of sulfone groups is 1. The molecule has 1 saturated carbocycles. The zero-order chi connectivity index (χ0) is 18.2. The third-order valence-electron chi connectivity index (χ3n) is 5.48. The van der Waals surface area contributed by atoms with Crippen LogP contribution >= 0.6 is 0 Å². The van der Waals surface area contributed by atoms with Crippen LogP contribution in [-0.2, 0) is 16.3 Å². The Balaban J connectivity index is 2.02. The van der Waals surface area contributed by atoms with Crippen LogP contribution in [0.5, 0.6) is 0 Å². The molecule has 1 aliphatic rings. The molecule has 3 rings (SSSR count). The van der Waals surface area contributed by atoms with E-state index >= 15 is 0 Å². The Hall–Kier alpha value is -1.69. The lowest BCUT2D eigenvalue weighted by atomic mass is 9.99. The lowest BCUT2D eigenvalue weighted by molar-refractivity contribution is 0.212. The van der Waals surface area contributed by atoms with Crippen molar-refractivity contribution in [2.45, 2.75) is 36.3 Å². The number of aliphatic hydroxyl groups excluding tert-OH is 1. The van der Waals surface area contributed by atoms with Gasteiger partial charge in [0.15, 0.2) is 9.84 Å².